The molecular formula is C19H30N2O3. The summed E-state index contributed by atoms with van der Waals surface area (Å²) in [6, 6.07) is 5.94. The van der Waals surface area contributed by atoms with Gasteiger partial charge in [-0.05, 0) is 50.4 Å². The Morgan fingerprint density at radius 2 is 2.08 bits per heavy atom. The monoisotopic (exact) mass is 334 g/mol. The summed E-state index contributed by atoms with van der Waals surface area (Å²) in [4.78, 5) is 14.7. The molecule has 2 rings (SSSR count). The Labute approximate surface area is 145 Å². The second kappa shape index (κ2) is 9.64. The summed E-state index contributed by atoms with van der Waals surface area (Å²) in [5.41, 5.74) is 2.27. The molecule has 1 atom stereocenters. The molecule has 1 amide bonds. The van der Waals surface area contributed by atoms with Crippen LogP contribution in [0, 0.1) is 13.8 Å². The molecule has 1 aliphatic rings. The summed E-state index contributed by atoms with van der Waals surface area (Å²) < 4.78 is 11.3. The van der Waals surface area contributed by atoms with Crippen molar-refractivity contribution in [3.8, 4) is 5.75 Å². The van der Waals surface area contributed by atoms with E-state index in [1.165, 1.54) is 5.56 Å². The fourth-order valence-corrected chi connectivity index (χ4v) is 2.78. The van der Waals surface area contributed by atoms with E-state index in [0.717, 1.165) is 50.6 Å². The Morgan fingerprint density at radius 1 is 1.33 bits per heavy atom. The van der Waals surface area contributed by atoms with Crippen molar-refractivity contribution in [2.24, 2.45) is 0 Å². The van der Waals surface area contributed by atoms with E-state index >= 15 is 0 Å². The van der Waals surface area contributed by atoms with E-state index in [1.54, 1.807) is 0 Å². The van der Waals surface area contributed by atoms with Crippen LogP contribution in [0.25, 0.3) is 0 Å². The first-order chi connectivity index (χ1) is 11.6. The Bertz CT molecular complexity index is 527. The van der Waals surface area contributed by atoms with Crippen LogP contribution >= 0.6 is 0 Å². The van der Waals surface area contributed by atoms with Gasteiger partial charge in [0.2, 0.25) is 0 Å². The number of morpholine rings is 1. The maximum atomic E-state index is 12.4. The molecule has 1 heterocycles. The van der Waals surface area contributed by atoms with E-state index in [9.17, 15) is 4.79 Å². The Morgan fingerprint density at radius 3 is 2.79 bits per heavy atom. The smallest absolute Gasteiger partial charge is 0.261 e. The first-order valence-electron chi connectivity index (χ1n) is 8.92. The number of nitrogens with zero attached hydrogens (tertiary/aromatic N) is 1. The maximum Gasteiger partial charge on any atom is 0.261 e. The van der Waals surface area contributed by atoms with Gasteiger partial charge in [-0.1, -0.05) is 19.1 Å². The Balaban J connectivity index is 1.75. The molecule has 0 spiro atoms. The number of hydrogen-bond acceptors (Lipinski definition) is 4. The maximum absolute atomic E-state index is 12.4. The van der Waals surface area contributed by atoms with Crippen LogP contribution in [-0.4, -0.2) is 56.3 Å². The molecule has 1 saturated heterocycles. The van der Waals surface area contributed by atoms with Gasteiger partial charge in [0.25, 0.3) is 5.91 Å². The third kappa shape index (κ3) is 5.49. The van der Waals surface area contributed by atoms with Crippen LogP contribution in [0.3, 0.4) is 0 Å². The van der Waals surface area contributed by atoms with Crippen LogP contribution < -0.4 is 10.1 Å². The molecule has 1 aliphatic heterocycles. The van der Waals surface area contributed by atoms with E-state index in [1.807, 2.05) is 26.0 Å². The third-order valence-corrected chi connectivity index (χ3v) is 4.54. The fourth-order valence-electron chi connectivity index (χ4n) is 2.78. The summed E-state index contributed by atoms with van der Waals surface area (Å²) in [5, 5.41) is 3.01. The Kier molecular flexibility index (Phi) is 7.53. The fraction of sp³-hybridized carbons (Fsp3) is 0.632. The third-order valence-electron chi connectivity index (χ3n) is 4.54. The van der Waals surface area contributed by atoms with Crippen LogP contribution in [0.1, 0.15) is 30.9 Å². The van der Waals surface area contributed by atoms with E-state index in [2.05, 4.69) is 23.2 Å². The average Bonchev–Trinajstić information content (AvgIpc) is 2.60. The number of amides is 1. The highest BCUT2D eigenvalue weighted by Gasteiger charge is 2.19. The molecule has 0 aromatic heterocycles. The summed E-state index contributed by atoms with van der Waals surface area (Å²) >= 11 is 0. The van der Waals surface area contributed by atoms with Gasteiger partial charge in [-0.2, -0.15) is 0 Å². The second-order valence-corrected chi connectivity index (χ2v) is 6.31. The van der Waals surface area contributed by atoms with Crippen molar-refractivity contribution in [1.82, 2.24) is 10.2 Å². The highest BCUT2D eigenvalue weighted by atomic mass is 16.5. The first-order valence-corrected chi connectivity index (χ1v) is 8.92. The van der Waals surface area contributed by atoms with Gasteiger partial charge in [-0.3, -0.25) is 9.69 Å². The zero-order chi connectivity index (χ0) is 17.4. The summed E-state index contributed by atoms with van der Waals surface area (Å²) in [5.74, 6) is 0.769. The number of nitrogens with one attached hydrogen (secondary N) is 1. The summed E-state index contributed by atoms with van der Waals surface area (Å²) in [7, 11) is 0. The highest BCUT2D eigenvalue weighted by Crippen LogP contribution is 2.22. The number of rotatable bonds is 8. The lowest BCUT2D eigenvalue weighted by Gasteiger charge is -2.26. The number of hydrogen-bond donors (Lipinski definition) is 1. The molecule has 0 bridgehead atoms. The van der Waals surface area contributed by atoms with Crippen LogP contribution in [0.2, 0.25) is 0 Å². The largest absolute Gasteiger partial charge is 0.480 e. The van der Waals surface area contributed by atoms with E-state index < -0.39 is 6.10 Å². The molecule has 1 unspecified atom stereocenters. The zero-order valence-corrected chi connectivity index (χ0v) is 15.1. The molecule has 0 saturated carbocycles. The molecule has 0 radical (unpaired) electrons. The average molecular weight is 334 g/mol. The quantitative estimate of drug-likeness (QED) is 0.741. The van der Waals surface area contributed by atoms with Crippen LogP contribution in [0.15, 0.2) is 18.2 Å². The minimum atomic E-state index is -0.436. The van der Waals surface area contributed by atoms with Gasteiger partial charge in [0.05, 0.1) is 13.2 Å². The van der Waals surface area contributed by atoms with Crippen molar-refractivity contribution in [2.75, 3.05) is 39.4 Å². The molecular weight excluding hydrogens is 304 g/mol. The normalized spacial score (nSPS) is 16.6. The van der Waals surface area contributed by atoms with Gasteiger partial charge in [0.1, 0.15) is 5.75 Å². The molecule has 5 heteroatoms. The second-order valence-electron chi connectivity index (χ2n) is 6.31. The summed E-state index contributed by atoms with van der Waals surface area (Å²) in [6.07, 6.45) is 1.17. The van der Waals surface area contributed by atoms with Crippen LogP contribution in [0.5, 0.6) is 5.75 Å². The van der Waals surface area contributed by atoms with Crippen molar-refractivity contribution in [3.63, 3.8) is 0 Å². The number of ether oxygens (including phenoxy) is 2. The Hall–Kier alpha value is -1.59. The number of aryl methyl sites for hydroxylation is 1. The van der Waals surface area contributed by atoms with E-state index in [-0.39, 0.29) is 5.91 Å². The van der Waals surface area contributed by atoms with Crippen LogP contribution in [-0.2, 0) is 9.53 Å². The van der Waals surface area contributed by atoms with Crippen molar-refractivity contribution in [2.45, 2.75) is 39.7 Å². The SMILES string of the molecule is CCC(Oc1cccc(C)c1C)C(=O)NCCCN1CCOCC1. The molecule has 1 aromatic carbocycles. The molecule has 0 aliphatic carbocycles. The minimum absolute atomic E-state index is 0.0274. The molecule has 1 fully saturated rings. The first kappa shape index (κ1) is 18.7. The van der Waals surface area contributed by atoms with Crippen molar-refractivity contribution in [3.05, 3.63) is 29.3 Å². The molecule has 1 N–H and O–H groups in total. The van der Waals surface area contributed by atoms with Gasteiger partial charge in [0.15, 0.2) is 6.10 Å². The van der Waals surface area contributed by atoms with Crippen molar-refractivity contribution < 1.29 is 14.3 Å². The van der Waals surface area contributed by atoms with Gasteiger partial charge >= 0.3 is 0 Å². The van der Waals surface area contributed by atoms with Gasteiger partial charge in [-0.15, -0.1) is 0 Å². The zero-order valence-electron chi connectivity index (χ0n) is 15.1. The number of benzene rings is 1. The van der Waals surface area contributed by atoms with E-state index in [4.69, 9.17) is 9.47 Å². The van der Waals surface area contributed by atoms with Crippen LogP contribution in [0.4, 0.5) is 0 Å². The predicted molar refractivity (Wildman–Crippen MR) is 95.5 cm³/mol. The highest BCUT2D eigenvalue weighted by molar-refractivity contribution is 5.81. The minimum Gasteiger partial charge on any atom is -0.480 e. The van der Waals surface area contributed by atoms with Gasteiger partial charge < -0.3 is 14.8 Å². The molecule has 1 aromatic rings. The lowest BCUT2D eigenvalue weighted by atomic mass is 10.1. The summed E-state index contributed by atoms with van der Waals surface area (Å²) in [6.45, 7) is 11.3. The van der Waals surface area contributed by atoms with Crippen molar-refractivity contribution in [1.29, 1.82) is 0 Å². The predicted octanol–water partition coefficient (Wildman–Crippen LogP) is 2.30. The molecule has 134 valence electrons. The lowest BCUT2D eigenvalue weighted by Crippen LogP contribution is -2.41. The molecule has 5 nitrogen and oxygen atoms in total. The standard InChI is InChI=1S/C19H30N2O3/c1-4-17(24-18-8-5-7-15(2)16(18)3)19(22)20-9-6-10-21-11-13-23-14-12-21/h5,7-8,17H,4,6,9-14H2,1-3H3,(H,20,22). The van der Waals surface area contributed by atoms with Gasteiger partial charge in [-0.25, -0.2) is 0 Å². The van der Waals surface area contributed by atoms with Gasteiger partial charge in [0, 0.05) is 19.6 Å². The topological polar surface area (TPSA) is 50.8 Å². The van der Waals surface area contributed by atoms with Crippen molar-refractivity contribution >= 4 is 5.91 Å². The lowest BCUT2D eigenvalue weighted by molar-refractivity contribution is -0.128. The number of carbonyl (C=O) groups excluding carboxylic acids is 1. The number of carbonyl (C=O) groups is 1. The van der Waals surface area contributed by atoms with E-state index in [0.29, 0.717) is 13.0 Å². The molecule has 24 heavy (non-hydrogen) atoms.